The first kappa shape index (κ1) is 22.5. The summed E-state index contributed by atoms with van der Waals surface area (Å²) in [5.74, 6) is 0. The van der Waals surface area contributed by atoms with Gasteiger partial charge < -0.3 is 0 Å². The zero-order chi connectivity index (χ0) is 20.9. The number of rotatable bonds is 7. The predicted molar refractivity (Wildman–Crippen MR) is 133 cm³/mol. The molecule has 0 aliphatic heterocycles. The van der Waals surface area contributed by atoms with Crippen molar-refractivity contribution in [3.63, 3.8) is 0 Å². The molecule has 0 saturated heterocycles. The monoisotopic (exact) mass is 408 g/mol. The summed E-state index contributed by atoms with van der Waals surface area (Å²) in [4.78, 5) is 9.47. The van der Waals surface area contributed by atoms with Crippen molar-refractivity contribution < 1.29 is 0 Å². The van der Waals surface area contributed by atoms with Crippen LogP contribution in [0, 0.1) is 0 Å². The highest BCUT2D eigenvalue weighted by molar-refractivity contribution is 6.77. The molecule has 0 unspecified atom stereocenters. The minimum atomic E-state index is -1.27. The van der Waals surface area contributed by atoms with E-state index < -0.39 is 16.1 Å². The lowest BCUT2D eigenvalue weighted by atomic mass is 10.1. The van der Waals surface area contributed by atoms with Crippen LogP contribution in [0.2, 0.25) is 39.3 Å². The van der Waals surface area contributed by atoms with Gasteiger partial charge in [-0.3, -0.25) is 9.98 Å². The fraction of sp³-hybridized carbons (Fsp3) is 0.417. The van der Waals surface area contributed by atoms with Gasteiger partial charge in [0.05, 0.1) is 27.5 Å². The molecule has 0 aliphatic rings. The Morgan fingerprint density at radius 1 is 0.607 bits per heavy atom. The second kappa shape index (κ2) is 9.14. The van der Waals surface area contributed by atoms with E-state index in [0.29, 0.717) is 11.1 Å². The first-order valence-electron chi connectivity index (χ1n) is 10.3. The molecule has 0 N–H and O–H groups in total. The van der Waals surface area contributed by atoms with Crippen LogP contribution >= 0.6 is 0 Å². The van der Waals surface area contributed by atoms with Crippen molar-refractivity contribution in [3.8, 4) is 0 Å². The molecule has 28 heavy (non-hydrogen) atoms. The van der Waals surface area contributed by atoms with Crippen molar-refractivity contribution in [3.05, 3.63) is 59.7 Å². The fourth-order valence-electron chi connectivity index (χ4n) is 3.10. The molecule has 0 spiro atoms. The molecule has 2 nitrogen and oxygen atoms in total. The lowest BCUT2D eigenvalue weighted by molar-refractivity contribution is 1.02. The summed E-state index contributed by atoms with van der Waals surface area (Å²) in [7, 11) is -2.55. The third kappa shape index (κ3) is 5.85. The predicted octanol–water partition coefficient (Wildman–Crippen LogP) is 7.75. The highest BCUT2D eigenvalue weighted by Gasteiger charge is 2.26. The zero-order valence-corrected chi connectivity index (χ0v) is 20.8. The number of hydrogen-bond acceptors (Lipinski definition) is 2. The molecule has 0 saturated carbocycles. The number of para-hydroxylation sites is 2. The Hall–Kier alpha value is -1.79. The summed E-state index contributed by atoms with van der Waals surface area (Å²) >= 11 is 0. The molecule has 0 heterocycles. The lowest BCUT2D eigenvalue weighted by Crippen LogP contribution is -2.28. The number of hydrogen-bond donors (Lipinski definition) is 0. The molecule has 4 heteroatoms. The molecule has 0 amide bonds. The summed E-state index contributed by atoms with van der Waals surface area (Å²) in [6.45, 7) is 19.1. The summed E-state index contributed by atoms with van der Waals surface area (Å²) in [6.07, 6.45) is 3.68. The highest BCUT2D eigenvalue weighted by atomic mass is 28.3. The standard InChI is InChI=1S/C24H36N2Si2/c1-19(27(3,4)5)21-13-9-11-15-23(21)25-17-18-26-24-16-12-10-14-22(24)20(2)28(6,7)8/h9-20H,1-8H3/t19-,20-/m1/s1. The van der Waals surface area contributed by atoms with Crippen molar-refractivity contribution in [2.75, 3.05) is 0 Å². The van der Waals surface area contributed by atoms with Gasteiger partial charge >= 0.3 is 0 Å². The molecule has 0 aliphatic carbocycles. The van der Waals surface area contributed by atoms with Crippen LogP contribution < -0.4 is 0 Å². The third-order valence-corrected chi connectivity index (χ3v) is 11.7. The maximum Gasteiger partial charge on any atom is 0.0662 e. The molecule has 2 atom stereocenters. The van der Waals surface area contributed by atoms with Crippen LogP contribution in [0.5, 0.6) is 0 Å². The van der Waals surface area contributed by atoms with Gasteiger partial charge in [-0.2, -0.15) is 0 Å². The van der Waals surface area contributed by atoms with E-state index in [1.165, 1.54) is 11.1 Å². The summed E-state index contributed by atoms with van der Waals surface area (Å²) in [5.41, 5.74) is 5.95. The van der Waals surface area contributed by atoms with E-state index >= 15 is 0 Å². The van der Waals surface area contributed by atoms with Crippen LogP contribution in [-0.4, -0.2) is 28.6 Å². The molecule has 150 valence electrons. The van der Waals surface area contributed by atoms with Gasteiger partial charge in [-0.1, -0.05) is 89.5 Å². The molecular weight excluding hydrogens is 372 g/mol. The van der Waals surface area contributed by atoms with Crippen LogP contribution in [0.15, 0.2) is 58.5 Å². The van der Waals surface area contributed by atoms with Gasteiger partial charge in [0, 0.05) is 12.4 Å². The molecule has 2 aromatic carbocycles. The van der Waals surface area contributed by atoms with Crippen LogP contribution in [-0.2, 0) is 0 Å². The number of aliphatic imine (C=N–C) groups is 2. The van der Waals surface area contributed by atoms with E-state index in [2.05, 4.69) is 102 Å². The van der Waals surface area contributed by atoms with Crippen molar-refractivity contribution in [1.29, 1.82) is 0 Å². The number of benzene rings is 2. The highest BCUT2D eigenvalue weighted by Crippen LogP contribution is 2.34. The summed E-state index contributed by atoms with van der Waals surface area (Å²) < 4.78 is 0. The van der Waals surface area contributed by atoms with Crippen LogP contribution in [0.1, 0.15) is 36.1 Å². The Bertz CT molecular complexity index is 771. The van der Waals surface area contributed by atoms with Crippen molar-refractivity contribution in [2.45, 2.75) is 64.2 Å². The number of nitrogens with zero attached hydrogens (tertiary/aromatic N) is 2. The van der Waals surface area contributed by atoms with E-state index in [-0.39, 0.29) is 0 Å². The molecule has 0 aromatic heterocycles. The third-order valence-electron chi connectivity index (χ3n) is 5.90. The second-order valence-electron chi connectivity index (χ2n) is 9.85. The minimum Gasteiger partial charge on any atom is -0.255 e. The van der Waals surface area contributed by atoms with Crippen LogP contribution in [0.25, 0.3) is 0 Å². The maximum absolute atomic E-state index is 4.74. The van der Waals surface area contributed by atoms with E-state index in [4.69, 9.17) is 9.98 Å². The summed E-state index contributed by atoms with van der Waals surface area (Å²) in [5, 5.41) is 0. The Morgan fingerprint density at radius 3 is 1.25 bits per heavy atom. The van der Waals surface area contributed by atoms with E-state index in [1.54, 1.807) is 0 Å². The van der Waals surface area contributed by atoms with Gasteiger partial charge in [-0.25, -0.2) is 0 Å². The van der Waals surface area contributed by atoms with Crippen LogP contribution in [0.3, 0.4) is 0 Å². The maximum atomic E-state index is 4.74. The lowest BCUT2D eigenvalue weighted by Gasteiger charge is -2.26. The van der Waals surface area contributed by atoms with Gasteiger partial charge in [-0.15, -0.1) is 0 Å². The van der Waals surface area contributed by atoms with Gasteiger partial charge in [0.25, 0.3) is 0 Å². The Morgan fingerprint density at radius 2 is 0.929 bits per heavy atom. The normalized spacial score (nSPS) is 15.3. The minimum absolute atomic E-state index is 0.566. The summed E-state index contributed by atoms with van der Waals surface area (Å²) in [6, 6.07) is 17.0. The quantitative estimate of drug-likeness (QED) is 0.330. The molecule has 2 aromatic rings. The van der Waals surface area contributed by atoms with Gasteiger partial charge in [0.2, 0.25) is 0 Å². The second-order valence-corrected chi connectivity index (χ2v) is 21.0. The zero-order valence-electron chi connectivity index (χ0n) is 18.8. The van der Waals surface area contributed by atoms with E-state index in [0.717, 1.165) is 11.4 Å². The SMILES string of the molecule is C[C@H](c1ccccc1N=CC=Nc1ccccc1[C@@H](C)[Si](C)(C)C)[Si](C)(C)C. The van der Waals surface area contributed by atoms with E-state index in [9.17, 15) is 0 Å². The Labute approximate surface area is 173 Å². The van der Waals surface area contributed by atoms with Gasteiger partial charge in [0.1, 0.15) is 0 Å². The van der Waals surface area contributed by atoms with Crippen molar-refractivity contribution in [1.82, 2.24) is 0 Å². The average molecular weight is 409 g/mol. The Kier molecular flexibility index (Phi) is 7.35. The largest absolute Gasteiger partial charge is 0.255 e. The van der Waals surface area contributed by atoms with Crippen molar-refractivity contribution in [2.24, 2.45) is 9.98 Å². The van der Waals surface area contributed by atoms with Gasteiger partial charge in [0.15, 0.2) is 0 Å². The first-order valence-corrected chi connectivity index (χ1v) is 17.4. The average Bonchev–Trinajstić information content (AvgIpc) is 2.63. The fourth-order valence-corrected chi connectivity index (χ4v) is 5.46. The van der Waals surface area contributed by atoms with E-state index in [1.807, 2.05) is 12.4 Å². The van der Waals surface area contributed by atoms with Crippen LogP contribution in [0.4, 0.5) is 11.4 Å². The molecule has 0 radical (unpaired) electrons. The molecular formula is C24H36N2Si2. The smallest absolute Gasteiger partial charge is 0.0662 e. The first-order chi connectivity index (χ1) is 13.0. The topological polar surface area (TPSA) is 24.7 Å². The van der Waals surface area contributed by atoms with Gasteiger partial charge in [-0.05, 0) is 34.3 Å². The molecule has 0 bridgehead atoms. The molecule has 2 rings (SSSR count). The van der Waals surface area contributed by atoms with Crippen molar-refractivity contribution >= 4 is 40.0 Å². The Balaban J connectivity index is 2.25. The molecule has 0 fully saturated rings.